The zero-order valence-corrected chi connectivity index (χ0v) is 7.67. The lowest BCUT2D eigenvalue weighted by Crippen LogP contribution is -1.95. The third kappa shape index (κ3) is 2.00. The summed E-state index contributed by atoms with van der Waals surface area (Å²) in [5.41, 5.74) is 0.186. The summed E-state index contributed by atoms with van der Waals surface area (Å²) in [4.78, 5) is 0. The van der Waals surface area contributed by atoms with Gasteiger partial charge in [0.2, 0.25) is 0 Å². The first-order valence-corrected chi connectivity index (χ1v) is 4.46. The molecule has 0 aliphatic heterocycles. The molecule has 0 heterocycles. The van der Waals surface area contributed by atoms with Crippen molar-refractivity contribution in [2.24, 2.45) is 0 Å². The maximum Gasteiger partial charge on any atom is 0.161 e. The van der Waals surface area contributed by atoms with E-state index < -0.39 is 17.5 Å². The molecule has 0 fully saturated rings. The highest BCUT2D eigenvalue weighted by molar-refractivity contribution is 9.09. The van der Waals surface area contributed by atoms with E-state index in [2.05, 4.69) is 15.9 Å². The first-order chi connectivity index (χ1) is 5.65. The molecule has 0 aliphatic rings. The lowest BCUT2D eigenvalue weighted by atomic mass is 10.1. The van der Waals surface area contributed by atoms with Crippen LogP contribution < -0.4 is 0 Å². The molecule has 0 saturated carbocycles. The highest BCUT2D eigenvalue weighted by Crippen LogP contribution is 2.14. The van der Waals surface area contributed by atoms with Crippen molar-refractivity contribution in [3.8, 4) is 0 Å². The molecule has 1 rings (SSSR count). The van der Waals surface area contributed by atoms with Gasteiger partial charge in [-0.15, -0.1) is 0 Å². The van der Waals surface area contributed by atoms with Gasteiger partial charge in [-0.25, -0.2) is 13.2 Å². The highest BCUT2D eigenvalue weighted by Gasteiger charge is 2.08. The number of alkyl halides is 1. The SMILES string of the molecule is Fc1cc(F)c(CCBr)cc1F. The summed E-state index contributed by atoms with van der Waals surface area (Å²) in [6.45, 7) is 0. The van der Waals surface area contributed by atoms with Crippen molar-refractivity contribution < 1.29 is 13.2 Å². The number of benzene rings is 1. The van der Waals surface area contributed by atoms with Gasteiger partial charge in [-0.3, -0.25) is 0 Å². The van der Waals surface area contributed by atoms with Gasteiger partial charge >= 0.3 is 0 Å². The molecule has 0 aromatic heterocycles. The van der Waals surface area contributed by atoms with Crippen LogP contribution in [-0.4, -0.2) is 5.33 Å². The molecule has 0 nitrogen and oxygen atoms in total. The third-order valence-corrected chi connectivity index (χ3v) is 1.85. The minimum atomic E-state index is -1.15. The summed E-state index contributed by atoms with van der Waals surface area (Å²) in [5, 5.41) is 0.523. The van der Waals surface area contributed by atoms with Crippen LogP contribution in [0.5, 0.6) is 0 Å². The molecule has 4 heteroatoms. The largest absolute Gasteiger partial charge is 0.207 e. The van der Waals surface area contributed by atoms with Crippen LogP contribution in [0.1, 0.15) is 5.56 Å². The van der Waals surface area contributed by atoms with Crippen molar-refractivity contribution in [2.45, 2.75) is 6.42 Å². The number of hydrogen-bond acceptors (Lipinski definition) is 0. The van der Waals surface area contributed by atoms with Gasteiger partial charge in [-0.1, -0.05) is 15.9 Å². The van der Waals surface area contributed by atoms with Crippen molar-refractivity contribution in [2.75, 3.05) is 5.33 Å². The van der Waals surface area contributed by atoms with Crippen molar-refractivity contribution in [1.82, 2.24) is 0 Å². The minimum Gasteiger partial charge on any atom is -0.207 e. The van der Waals surface area contributed by atoms with Crippen LogP contribution >= 0.6 is 15.9 Å². The molecule has 1 aromatic carbocycles. The molecule has 0 bridgehead atoms. The van der Waals surface area contributed by atoms with E-state index in [1.165, 1.54) is 0 Å². The van der Waals surface area contributed by atoms with Crippen LogP contribution in [-0.2, 0) is 6.42 Å². The van der Waals surface area contributed by atoms with Crippen LogP contribution in [0.3, 0.4) is 0 Å². The summed E-state index contributed by atoms with van der Waals surface area (Å²) in [7, 11) is 0. The van der Waals surface area contributed by atoms with Crippen molar-refractivity contribution in [3.63, 3.8) is 0 Å². The summed E-state index contributed by atoms with van der Waals surface area (Å²) in [5.74, 6) is -2.86. The van der Waals surface area contributed by atoms with Crippen LogP contribution in [0.2, 0.25) is 0 Å². The summed E-state index contributed by atoms with van der Waals surface area (Å²) < 4.78 is 37.7. The van der Waals surface area contributed by atoms with Crippen LogP contribution in [0.25, 0.3) is 0 Å². The molecule has 0 unspecified atom stereocenters. The number of rotatable bonds is 2. The average molecular weight is 239 g/mol. The van der Waals surface area contributed by atoms with E-state index in [9.17, 15) is 13.2 Å². The summed E-state index contributed by atoms with van der Waals surface area (Å²) >= 11 is 3.08. The molecular formula is C8H6BrF3. The smallest absolute Gasteiger partial charge is 0.161 e. The van der Waals surface area contributed by atoms with Gasteiger partial charge in [-0.2, -0.15) is 0 Å². The molecule has 0 radical (unpaired) electrons. The molecule has 0 amide bonds. The van der Waals surface area contributed by atoms with Crippen LogP contribution in [0, 0.1) is 17.5 Å². The van der Waals surface area contributed by atoms with Gasteiger partial charge in [0.15, 0.2) is 11.6 Å². The Kier molecular flexibility index (Phi) is 3.14. The normalized spacial score (nSPS) is 10.3. The number of halogens is 4. The molecular weight excluding hydrogens is 233 g/mol. The van der Waals surface area contributed by atoms with Gasteiger partial charge in [-0.05, 0) is 18.1 Å². The van der Waals surface area contributed by atoms with Gasteiger partial charge < -0.3 is 0 Å². The van der Waals surface area contributed by atoms with Gasteiger partial charge in [0.25, 0.3) is 0 Å². The lowest BCUT2D eigenvalue weighted by molar-refractivity contribution is 0.490. The average Bonchev–Trinajstić information content (AvgIpc) is 2.01. The first-order valence-electron chi connectivity index (χ1n) is 3.34. The Morgan fingerprint density at radius 1 is 1.00 bits per heavy atom. The molecule has 1 aromatic rings. The Hall–Kier alpha value is -0.510. The summed E-state index contributed by atoms with van der Waals surface area (Å²) in [6, 6.07) is 1.44. The second-order valence-corrected chi connectivity index (χ2v) is 3.09. The molecule has 0 atom stereocenters. The van der Waals surface area contributed by atoms with E-state index in [0.29, 0.717) is 17.8 Å². The van der Waals surface area contributed by atoms with E-state index in [1.807, 2.05) is 0 Å². The second-order valence-electron chi connectivity index (χ2n) is 2.30. The molecule has 0 spiro atoms. The monoisotopic (exact) mass is 238 g/mol. The minimum absolute atomic E-state index is 0.186. The molecule has 0 N–H and O–H groups in total. The lowest BCUT2D eigenvalue weighted by Gasteiger charge is -2.00. The Balaban J connectivity index is 3.05. The Morgan fingerprint density at radius 2 is 1.58 bits per heavy atom. The predicted molar refractivity (Wildman–Crippen MR) is 43.8 cm³/mol. The maximum absolute atomic E-state index is 12.8. The number of hydrogen-bond donors (Lipinski definition) is 0. The van der Waals surface area contributed by atoms with Crippen LogP contribution in [0.15, 0.2) is 12.1 Å². The van der Waals surface area contributed by atoms with E-state index in [1.54, 1.807) is 0 Å². The topological polar surface area (TPSA) is 0 Å². The van der Waals surface area contributed by atoms with Crippen molar-refractivity contribution >= 4 is 15.9 Å². The Bertz CT molecular complexity index is 286. The first kappa shape index (κ1) is 9.58. The second kappa shape index (κ2) is 3.94. The van der Waals surface area contributed by atoms with Gasteiger partial charge in [0, 0.05) is 11.4 Å². The zero-order chi connectivity index (χ0) is 9.14. The van der Waals surface area contributed by atoms with Crippen LogP contribution in [0.4, 0.5) is 13.2 Å². The quantitative estimate of drug-likeness (QED) is 0.549. The Morgan fingerprint density at radius 3 is 2.17 bits per heavy atom. The van der Waals surface area contributed by atoms with Crippen molar-refractivity contribution in [3.05, 3.63) is 35.1 Å². The molecule has 12 heavy (non-hydrogen) atoms. The third-order valence-electron chi connectivity index (χ3n) is 1.45. The predicted octanol–water partition coefficient (Wildman–Crippen LogP) is 3.04. The summed E-state index contributed by atoms with van der Waals surface area (Å²) in [6.07, 6.45) is 0.350. The van der Waals surface area contributed by atoms with Crippen molar-refractivity contribution in [1.29, 1.82) is 0 Å². The zero-order valence-electron chi connectivity index (χ0n) is 6.08. The van der Waals surface area contributed by atoms with Gasteiger partial charge in [0.05, 0.1) is 0 Å². The van der Waals surface area contributed by atoms with Gasteiger partial charge in [0.1, 0.15) is 5.82 Å². The Labute approximate surface area is 76.5 Å². The fourth-order valence-corrected chi connectivity index (χ4v) is 1.28. The van der Waals surface area contributed by atoms with E-state index in [0.717, 1.165) is 6.07 Å². The van der Waals surface area contributed by atoms with E-state index in [-0.39, 0.29) is 5.56 Å². The molecule has 0 saturated heterocycles. The number of aryl methyl sites for hydroxylation is 1. The van der Waals surface area contributed by atoms with E-state index >= 15 is 0 Å². The highest BCUT2D eigenvalue weighted by atomic mass is 79.9. The standard InChI is InChI=1S/C8H6BrF3/c9-2-1-5-3-7(11)8(12)4-6(5)10/h3-4H,1-2H2. The molecule has 0 aliphatic carbocycles. The maximum atomic E-state index is 12.8. The fourth-order valence-electron chi connectivity index (χ4n) is 0.857. The molecule has 66 valence electrons. The van der Waals surface area contributed by atoms with E-state index in [4.69, 9.17) is 0 Å². The fraction of sp³-hybridized carbons (Fsp3) is 0.250.